The number of carboxylic acids is 1. The summed E-state index contributed by atoms with van der Waals surface area (Å²) in [6.45, 7) is 2.57. The Balaban J connectivity index is 1.68. The molecule has 0 spiro atoms. The molecule has 0 aliphatic carbocycles. The molecule has 1 unspecified atom stereocenters. The fraction of sp³-hybridized carbons (Fsp3) is 0.400. The molecule has 3 rings (SSSR count). The van der Waals surface area contributed by atoms with Crippen LogP contribution in [0.3, 0.4) is 0 Å². The Hall–Kier alpha value is -2.21. The molecule has 1 fully saturated rings. The van der Waals surface area contributed by atoms with Gasteiger partial charge in [0.1, 0.15) is 5.69 Å². The van der Waals surface area contributed by atoms with Gasteiger partial charge in [-0.3, -0.25) is 9.58 Å². The van der Waals surface area contributed by atoms with Crippen molar-refractivity contribution >= 4 is 5.97 Å². The maximum absolute atomic E-state index is 11.0. The van der Waals surface area contributed by atoms with E-state index in [0.717, 1.165) is 31.6 Å². The summed E-state index contributed by atoms with van der Waals surface area (Å²) >= 11 is 0. The molecule has 1 N–H and O–H groups in total. The number of rotatable bonds is 5. The molecule has 2 aromatic rings. The van der Waals surface area contributed by atoms with Crippen LogP contribution in [0, 0.1) is 0 Å². The highest BCUT2D eigenvalue weighted by Crippen LogP contribution is 2.20. The number of aromatic carboxylic acids is 1. The number of pyridine rings is 1. The molecule has 0 aromatic carbocycles. The fourth-order valence-corrected chi connectivity index (χ4v) is 2.83. The van der Waals surface area contributed by atoms with Crippen LogP contribution in [0.4, 0.5) is 0 Å². The zero-order valence-electron chi connectivity index (χ0n) is 11.7. The zero-order chi connectivity index (χ0) is 14.7. The van der Waals surface area contributed by atoms with Crippen LogP contribution in [0.5, 0.6) is 0 Å². The summed E-state index contributed by atoms with van der Waals surface area (Å²) in [5, 5.41) is 13.3. The number of aromatic nitrogens is 3. The lowest BCUT2D eigenvalue weighted by Crippen LogP contribution is -2.33. The van der Waals surface area contributed by atoms with E-state index in [0.29, 0.717) is 12.6 Å². The number of carbonyl (C=O) groups is 1. The minimum absolute atomic E-state index is 0.107. The predicted molar refractivity (Wildman–Crippen MR) is 76.9 cm³/mol. The first kappa shape index (κ1) is 13.8. The lowest BCUT2D eigenvalue weighted by molar-refractivity contribution is 0.0690. The van der Waals surface area contributed by atoms with Crippen LogP contribution in [-0.2, 0) is 13.1 Å². The largest absolute Gasteiger partial charge is 0.477 e. The molecule has 1 aliphatic rings. The van der Waals surface area contributed by atoms with Gasteiger partial charge in [0.05, 0.1) is 12.2 Å². The number of carboxylic acid groups (broad SMARTS) is 1. The monoisotopic (exact) mass is 286 g/mol. The van der Waals surface area contributed by atoms with Crippen molar-refractivity contribution in [1.29, 1.82) is 0 Å². The summed E-state index contributed by atoms with van der Waals surface area (Å²) in [5.41, 5.74) is 0.914. The second-order valence-electron chi connectivity index (χ2n) is 5.31. The van der Waals surface area contributed by atoms with E-state index in [4.69, 9.17) is 5.11 Å². The summed E-state index contributed by atoms with van der Waals surface area (Å²) < 4.78 is 1.95. The number of hydrogen-bond donors (Lipinski definition) is 1. The van der Waals surface area contributed by atoms with E-state index in [1.54, 1.807) is 12.3 Å². The summed E-state index contributed by atoms with van der Waals surface area (Å²) in [4.78, 5) is 17.5. The van der Waals surface area contributed by atoms with Gasteiger partial charge in [-0.05, 0) is 37.6 Å². The molecule has 0 saturated carbocycles. The second kappa shape index (κ2) is 6.05. The first-order valence-electron chi connectivity index (χ1n) is 7.13. The number of nitrogens with zero attached hydrogens (tertiary/aromatic N) is 4. The van der Waals surface area contributed by atoms with Gasteiger partial charge in [-0.25, -0.2) is 9.78 Å². The van der Waals surface area contributed by atoms with Crippen molar-refractivity contribution in [2.75, 3.05) is 6.54 Å². The summed E-state index contributed by atoms with van der Waals surface area (Å²) in [5.74, 6) is -0.980. The standard InChI is InChI=1S/C15H18N4O2/c20-15(21)14-6-1-4-12(17-14)10-18-8-2-5-13(18)11-19-9-3-7-16-19/h1,3-4,6-7,9,13H,2,5,8,10-11H2,(H,20,21). The van der Waals surface area contributed by atoms with Gasteiger partial charge in [-0.15, -0.1) is 0 Å². The van der Waals surface area contributed by atoms with Crippen molar-refractivity contribution < 1.29 is 9.90 Å². The minimum atomic E-state index is -0.980. The molecule has 0 bridgehead atoms. The Morgan fingerprint density at radius 1 is 1.38 bits per heavy atom. The molecular formula is C15H18N4O2. The molecule has 6 heteroatoms. The Morgan fingerprint density at radius 3 is 3.05 bits per heavy atom. The highest BCUT2D eigenvalue weighted by atomic mass is 16.4. The maximum Gasteiger partial charge on any atom is 0.354 e. The number of likely N-dealkylation sites (tertiary alicyclic amines) is 1. The van der Waals surface area contributed by atoms with Crippen LogP contribution in [0.25, 0.3) is 0 Å². The molecular weight excluding hydrogens is 268 g/mol. The van der Waals surface area contributed by atoms with Crippen molar-refractivity contribution in [3.63, 3.8) is 0 Å². The first-order chi connectivity index (χ1) is 10.2. The molecule has 1 aliphatic heterocycles. The lowest BCUT2D eigenvalue weighted by atomic mass is 10.2. The van der Waals surface area contributed by atoms with E-state index < -0.39 is 5.97 Å². The second-order valence-corrected chi connectivity index (χ2v) is 5.31. The van der Waals surface area contributed by atoms with E-state index in [1.807, 2.05) is 23.0 Å². The van der Waals surface area contributed by atoms with E-state index in [-0.39, 0.29) is 5.69 Å². The SMILES string of the molecule is O=C(O)c1cccc(CN2CCCC2Cn2cccn2)n1. The van der Waals surface area contributed by atoms with Crippen LogP contribution in [-0.4, -0.2) is 43.3 Å². The van der Waals surface area contributed by atoms with Crippen LogP contribution in [0.1, 0.15) is 29.0 Å². The molecule has 6 nitrogen and oxygen atoms in total. The van der Waals surface area contributed by atoms with Gasteiger partial charge in [0.25, 0.3) is 0 Å². The van der Waals surface area contributed by atoms with Crippen LogP contribution >= 0.6 is 0 Å². The Kier molecular flexibility index (Phi) is 3.96. The van der Waals surface area contributed by atoms with E-state index >= 15 is 0 Å². The summed E-state index contributed by atoms with van der Waals surface area (Å²) in [6.07, 6.45) is 6.06. The van der Waals surface area contributed by atoms with E-state index in [9.17, 15) is 4.79 Å². The zero-order valence-corrected chi connectivity index (χ0v) is 11.7. The van der Waals surface area contributed by atoms with Crippen molar-refractivity contribution in [2.24, 2.45) is 0 Å². The van der Waals surface area contributed by atoms with Crippen molar-refractivity contribution in [1.82, 2.24) is 19.7 Å². The number of hydrogen-bond acceptors (Lipinski definition) is 4. The normalized spacial score (nSPS) is 19.0. The van der Waals surface area contributed by atoms with Gasteiger partial charge in [-0.1, -0.05) is 6.07 Å². The van der Waals surface area contributed by atoms with Crippen LogP contribution in [0.2, 0.25) is 0 Å². The topological polar surface area (TPSA) is 71.2 Å². The third-order valence-electron chi connectivity index (χ3n) is 3.85. The average molecular weight is 286 g/mol. The average Bonchev–Trinajstić information content (AvgIpc) is 3.12. The van der Waals surface area contributed by atoms with Crippen LogP contribution < -0.4 is 0 Å². The fourth-order valence-electron chi connectivity index (χ4n) is 2.83. The highest BCUT2D eigenvalue weighted by Gasteiger charge is 2.25. The third kappa shape index (κ3) is 3.28. The molecule has 110 valence electrons. The maximum atomic E-state index is 11.0. The molecule has 21 heavy (non-hydrogen) atoms. The minimum Gasteiger partial charge on any atom is -0.477 e. The molecule has 0 radical (unpaired) electrons. The Morgan fingerprint density at radius 2 is 2.29 bits per heavy atom. The molecule has 1 atom stereocenters. The van der Waals surface area contributed by atoms with Crippen LogP contribution in [0.15, 0.2) is 36.7 Å². The van der Waals surface area contributed by atoms with Gasteiger partial charge in [0.2, 0.25) is 0 Å². The highest BCUT2D eigenvalue weighted by molar-refractivity contribution is 5.85. The molecule has 3 heterocycles. The van der Waals surface area contributed by atoms with Gasteiger partial charge in [0.15, 0.2) is 0 Å². The first-order valence-corrected chi connectivity index (χ1v) is 7.13. The lowest BCUT2D eigenvalue weighted by Gasteiger charge is -2.24. The smallest absolute Gasteiger partial charge is 0.354 e. The quantitative estimate of drug-likeness (QED) is 0.904. The van der Waals surface area contributed by atoms with Gasteiger partial charge < -0.3 is 5.11 Å². The van der Waals surface area contributed by atoms with Crippen molar-refractivity contribution in [2.45, 2.75) is 32.0 Å². The Labute approximate surface area is 123 Å². The van der Waals surface area contributed by atoms with Crippen molar-refractivity contribution in [3.05, 3.63) is 48.0 Å². The summed E-state index contributed by atoms with van der Waals surface area (Å²) in [6, 6.07) is 7.52. The summed E-state index contributed by atoms with van der Waals surface area (Å²) in [7, 11) is 0. The molecule has 2 aromatic heterocycles. The molecule has 0 amide bonds. The van der Waals surface area contributed by atoms with E-state index in [1.165, 1.54) is 6.07 Å². The predicted octanol–water partition coefficient (Wildman–Crippen LogP) is 1.64. The van der Waals surface area contributed by atoms with Gasteiger partial charge in [-0.2, -0.15) is 5.10 Å². The van der Waals surface area contributed by atoms with Gasteiger partial charge in [0, 0.05) is 25.0 Å². The molecule has 1 saturated heterocycles. The van der Waals surface area contributed by atoms with E-state index in [2.05, 4.69) is 15.0 Å². The third-order valence-corrected chi connectivity index (χ3v) is 3.85. The van der Waals surface area contributed by atoms with Crippen molar-refractivity contribution in [3.8, 4) is 0 Å². The Bertz CT molecular complexity index is 612. The van der Waals surface area contributed by atoms with Gasteiger partial charge >= 0.3 is 5.97 Å².